The number of carboxylic acid groups (broad SMARTS) is 1. The Labute approximate surface area is 257 Å². The number of hydrogen-bond donors (Lipinski definition) is 0. The predicted octanol–water partition coefficient (Wildman–Crippen LogP) is 9.18. The Morgan fingerprint density at radius 2 is 0.950 bits per heavy atom. The van der Waals surface area contributed by atoms with Crippen molar-refractivity contribution in [2.75, 3.05) is 0 Å². The van der Waals surface area contributed by atoms with E-state index in [2.05, 4.69) is 133 Å². The van der Waals surface area contributed by atoms with Crippen LogP contribution in [0.15, 0.2) is 103 Å². The van der Waals surface area contributed by atoms with Crippen LogP contribution in [-0.4, -0.2) is 25.7 Å². The molecular weight excluding hydrogens is 639 g/mol. The van der Waals surface area contributed by atoms with Gasteiger partial charge in [0.15, 0.2) is 0 Å². The van der Waals surface area contributed by atoms with Crippen molar-refractivity contribution < 1.29 is 9.90 Å². The van der Waals surface area contributed by atoms with E-state index < -0.39 is 25.7 Å². The van der Waals surface area contributed by atoms with E-state index in [9.17, 15) is 9.90 Å². The van der Waals surface area contributed by atoms with Crippen LogP contribution in [0.4, 0.5) is 0 Å². The summed E-state index contributed by atoms with van der Waals surface area (Å²) in [6, 6.07) is 36.5. The van der Waals surface area contributed by atoms with Crippen LogP contribution in [0.1, 0.15) is 67.9 Å². The smallest absolute Gasteiger partial charge is 0.0935 e. The molecule has 0 fully saturated rings. The second-order valence-corrected chi connectivity index (χ2v) is 21.4. The zero-order valence-electron chi connectivity index (χ0n) is 24.5. The molecule has 0 aliphatic heterocycles. The summed E-state index contributed by atoms with van der Waals surface area (Å²) in [6.45, 7) is 14.8. The summed E-state index contributed by atoms with van der Waals surface area (Å²) in [5.41, 5.74) is 5.16. The zero-order chi connectivity index (χ0) is 29.4. The maximum absolute atomic E-state index is 10.1. The third kappa shape index (κ3) is 9.49. The van der Waals surface area contributed by atoms with Gasteiger partial charge in [0.25, 0.3) is 0 Å². The second-order valence-electron chi connectivity index (χ2n) is 12.4. The molecule has 0 radical (unpaired) electrons. The number of aromatic carboxylic acids is 1. The van der Waals surface area contributed by atoms with E-state index in [-0.39, 0.29) is 21.1 Å². The molecule has 0 bridgehead atoms. The van der Waals surface area contributed by atoms with Gasteiger partial charge in [-0.05, 0) is 12.1 Å². The van der Waals surface area contributed by atoms with Gasteiger partial charge >= 0.3 is 199 Å². The normalized spacial score (nSPS) is 11.9. The van der Waals surface area contributed by atoms with E-state index in [1.165, 1.54) is 42.1 Å². The van der Waals surface area contributed by atoms with E-state index in [1.54, 1.807) is 0 Å². The molecule has 0 saturated heterocycles. The molecule has 40 heavy (non-hydrogen) atoms. The molecule has 210 valence electrons. The molecule has 0 spiro atoms. The minimum absolute atomic E-state index is 0.167. The summed E-state index contributed by atoms with van der Waals surface area (Å²) in [4.78, 5) is 10.2. The Balaban J connectivity index is 0.000000415. The third-order valence-electron chi connectivity index (χ3n) is 7.52. The van der Waals surface area contributed by atoms with E-state index in [4.69, 9.17) is 11.6 Å². The fraction of sp³-hybridized carbons (Fsp3) is 0.343. The Morgan fingerprint density at radius 3 is 1.18 bits per heavy atom. The van der Waals surface area contributed by atoms with E-state index in [0.717, 1.165) is 11.3 Å². The van der Waals surface area contributed by atoms with Crippen LogP contribution in [0.25, 0.3) is 0 Å². The van der Waals surface area contributed by atoms with Gasteiger partial charge in [0.05, 0.1) is 15.2 Å². The van der Waals surface area contributed by atoms with Gasteiger partial charge in [-0.1, -0.05) is 11.6 Å². The molecule has 4 aromatic rings. The molecule has 3 aromatic carbocycles. The monoisotopic (exact) mass is 680 g/mol. The number of carboxylic acids is 1. The first-order chi connectivity index (χ1) is 18.8. The van der Waals surface area contributed by atoms with Crippen molar-refractivity contribution in [3.63, 3.8) is 0 Å². The molecule has 0 atom stereocenters. The van der Waals surface area contributed by atoms with Crippen LogP contribution >= 0.6 is 22.9 Å². The fourth-order valence-electron chi connectivity index (χ4n) is 5.46. The molecule has 0 N–H and O–H groups in total. The summed E-state index contributed by atoms with van der Waals surface area (Å²) >= 11 is 4.59. The van der Waals surface area contributed by atoms with E-state index in [0.29, 0.717) is 4.34 Å². The van der Waals surface area contributed by atoms with Crippen molar-refractivity contribution in [2.45, 2.75) is 71.1 Å². The molecule has 5 heteroatoms. The van der Waals surface area contributed by atoms with Crippen LogP contribution in [0.5, 0.6) is 0 Å². The standard InChI is InChI=1S/3C10H13.C5H3ClO2S.Sn/c3*1-10(2,3)9-7-5-4-6-8-9;6-4-2-1-3(9-4)5(7)8;/h3*4-8H,1H2,2-3H3;1-2H,(H,7,8);/q;;;;+1/p-1. The molecule has 0 unspecified atom stereocenters. The molecule has 1 aromatic heterocycles. The fourth-order valence-corrected chi connectivity index (χ4v) is 19.9. The molecule has 0 aliphatic rings. The Kier molecular flexibility index (Phi) is 11.5. The Morgan fingerprint density at radius 1 is 0.625 bits per heavy atom. The van der Waals surface area contributed by atoms with Crippen molar-refractivity contribution in [2.24, 2.45) is 0 Å². The van der Waals surface area contributed by atoms with Crippen molar-refractivity contribution in [3.05, 3.63) is 129 Å². The molecule has 2 nitrogen and oxygen atoms in total. The van der Waals surface area contributed by atoms with Crippen LogP contribution < -0.4 is 5.11 Å². The second kappa shape index (κ2) is 14.2. The van der Waals surface area contributed by atoms with Crippen LogP contribution in [0.3, 0.4) is 0 Å². The number of rotatable bonds is 10. The minimum Gasteiger partial charge on any atom is -0.544 e. The maximum Gasteiger partial charge on any atom is 0.0935 e. The molecule has 4 rings (SSSR count). The maximum atomic E-state index is 10.1. The topological polar surface area (TPSA) is 40.1 Å². The molecule has 1 heterocycles. The SMILES string of the molecule is CC(C)([CH2][Sn+]([CH2]C(C)(C)c1ccccc1)[CH2]C(C)(C)c1ccccc1)c1ccccc1.O=C([O-])c1ccc(Cl)s1. The van der Waals surface area contributed by atoms with Gasteiger partial charge in [-0.3, -0.25) is 0 Å². The van der Waals surface area contributed by atoms with Gasteiger partial charge in [0.1, 0.15) is 0 Å². The Hall–Kier alpha value is -2.08. The quantitative estimate of drug-likeness (QED) is 0.157. The Bertz CT molecular complexity index is 1200. The third-order valence-corrected chi connectivity index (χ3v) is 20.6. The summed E-state index contributed by atoms with van der Waals surface area (Å²) in [7, 11) is 0. The summed E-state index contributed by atoms with van der Waals surface area (Å²) in [5.74, 6) is -1.17. The first kappa shape index (κ1) is 32.4. The number of halogens is 1. The van der Waals surface area contributed by atoms with Crippen molar-refractivity contribution in [1.82, 2.24) is 0 Å². The number of carbonyl (C=O) groups is 1. The number of hydrogen-bond acceptors (Lipinski definition) is 3. The van der Waals surface area contributed by atoms with Gasteiger partial charge in [-0.25, -0.2) is 0 Å². The van der Waals surface area contributed by atoms with E-state index in [1.807, 2.05) is 0 Å². The predicted molar refractivity (Wildman–Crippen MR) is 172 cm³/mol. The van der Waals surface area contributed by atoms with Crippen LogP contribution in [0, 0.1) is 0 Å². The number of thiophene rings is 1. The first-order valence-electron chi connectivity index (χ1n) is 13.8. The van der Waals surface area contributed by atoms with Crippen molar-refractivity contribution >= 4 is 48.7 Å². The zero-order valence-corrected chi connectivity index (χ0v) is 29.0. The van der Waals surface area contributed by atoms with Crippen LogP contribution in [-0.2, 0) is 16.2 Å². The van der Waals surface area contributed by atoms with Crippen molar-refractivity contribution in [1.29, 1.82) is 0 Å². The van der Waals surface area contributed by atoms with Gasteiger partial charge in [0, 0.05) is 0 Å². The van der Waals surface area contributed by atoms with Gasteiger partial charge in [-0.15, -0.1) is 11.3 Å². The summed E-state index contributed by atoms with van der Waals surface area (Å²) in [6.07, 6.45) is 0. The van der Waals surface area contributed by atoms with Crippen molar-refractivity contribution in [3.8, 4) is 0 Å². The van der Waals surface area contributed by atoms with Gasteiger partial charge in [0.2, 0.25) is 0 Å². The molecule has 0 saturated carbocycles. The number of carbonyl (C=O) groups excluding carboxylic acids is 1. The van der Waals surface area contributed by atoms with Crippen LogP contribution in [0.2, 0.25) is 17.6 Å². The molecule has 0 amide bonds. The average molecular weight is 680 g/mol. The summed E-state index contributed by atoms with van der Waals surface area (Å²) in [5, 5.41) is 10.1. The summed E-state index contributed by atoms with van der Waals surface area (Å²) < 4.78 is 4.61. The van der Waals surface area contributed by atoms with E-state index >= 15 is 0 Å². The minimum atomic E-state index is -1.84. The largest absolute Gasteiger partial charge is 0.544 e. The van der Waals surface area contributed by atoms with Gasteiger partial charge < -0.3 is 9.90 Å². The molecule has 0 aliphatic carbocycles. The molecular formula is C35H41ClO2SSn. The first-order valence-corrected chi connectivity index (χ1v) is 21.0. The average Bonchev–Trinajstić information content (AvgIpc) is 3.36. The number of benzene rings is 3. The van der Waals surface area contributed by atoms with Gasteiger partial charge in [-0.2, -0.15) is 0 Å².